The molecule has 3 nitrogen and oxygen atoms in total. The van der Waals surface area contributed by atoms with Crippen LogP contribution in [0.2, 0.25) is 0 Å². The van der Waals surface area contributed by atoms with Crippen LogP contribution in [-0.4, -0.2) is 15.0 Å². The number of halogens is 6. The van der Waals surface area contributed by atoms with Gasteiger partial charge in [-0.2, -0.15) is 34.8 Å². The molecule has 0 aromatic heterocycles. The van der Waals surface area contributed by atoms with Crippen molar-refractivity contribution in [1.29, 1.82) is 0 Å². The summed E-state index contributed by atoms with van der Waals surface area (Å²) in [6.07, 6.45) is 3.48. The Hall–Kier alpha value is -2.42. The molecule has 0 radical (unpaired) electrons. The van der Waals surface area contributed by atoms with E-state index < -0.39 is 33.6 Å². The average molecular weight is 649 g/mol. The largest absolute Gasteiger partial charge is 0.416 e. The van der Waals surface area contributed by atoms with E-state index in [2.05, 4.69) is 6.92 Å². The zero-order valence-corrected chi connectivity index (χ0v) is 26.0. The van der Waals surface area contributed by atoms with E-state index in [1.54, 1.807) is 30.3 Å². The first-order valence-corrected chi connectivity index (χ1v) is 16.8. The van der Waals surface area contributed by atoms with Crippen molar-refractivity contribution in [2.45, 2.75) is 88.4 Å². The van der Waals surface area contributed by atoms with Crippen molar-refractivity contribution < 1.29 is 38.9 Å². The fourth-order valence-corrected chi connectivity index (χ4v) is 6.03. The molecule has 3 aromatic rings. The Kier molecular flexibility index (Phi) is 15.7. The topological polar surface area (TPSA) is 43.4 Å². The minimum absolute atomic E-state index is 0.00159. The summed E-state index contributed by atoms with van der Waals surface area (Å²) < 4.78 is 103. The molecule has 0 atom stereocenters. The Bertz CT molecular complexity index is 1220. The second-order valence-electron chi connectivity index (χ2n) is 10.0. The van der Waals surface area contributed by atoms with Gasteiger partial charge in [-0.05, 0) is 53.4 Å². The van der Waals surface area contributed by atoms with Crippen molar-refractivity contribution in [3.63, 3.8) is 0 Å². The SMILES string of the molecule is CCCCCCCCCCCCOS(=O)(=O)c1ccccc1.FC(F)(F)c1ccc(Pc2ccc(C(F)(F)F)cc2)cc1. The van der Waals surface area contributed by atoms with Crippen molar-refractivity contribution in [3.8, 4) is 0 Å². The predicted molar refractivity (Wildman–Crippen MR) is 162 cm³/mol. The molecule has 43 heavy (non-hydrogen) atoms. The van der Waals surface area contributed by atoms with E-state index in [9.17, 15) is 34.8 Å². The van der Waals surface area contributed by atoms with E-state index in [1.807, 2.05) is 0 Å². The number of unbranched alkanes of at least 4 members (excludes halogenated alkanes) is 9. The molecular weight excluding hydrogens is 609 g/mol. The zero-order chi connectivity index (χ0) is 31.8. The molecule has 0 spiro atoms. The van der Waals surface area contributed by atoms with Gasteiger partial charge in [0.25, 0.3) is 10.1 Å². The molecule has 0 amide bonds. The van der Waals surface area contributed by atoms with E-state index in [0.717, 1.165) is 37.1 Å². The standard InChI is InChI=1S/C18H30O3S.C14H9F6P/c1-2-3-4-5-6-7-8-9-10-14-17-21-22(19,20)18-15-12-11-13-16-18;15-13(16,17)9-1-5-11(6-2-9)21-12-7-3-10(4-8-12)14(18,19)20/h11-13,15-16H,2-10,14,17H2,1H3;1-8,21H. The normalized spacial score (nSPS) is 12.1. The average Bonchev–Trinajstić information content (AvgIpc) is 2.96. The fraction of sp³-hybridized carbons (Fsp3) is 0.438. The molecule has 3 aromatic carbocycles. The molecule has 0 unspecified atom stereocenters. The summed E-state index contributed by atoms with van der Waals surface area (Å²) in [6.45, 7) is 2.52. The molecule has 0 aliphatic rings. The van der Waals surface area contributed by atoms with Crippen LogP contribution in [0.5, 0.6) is 0 Å². The van der Waals surface area contributed by atoms with Crippen molar-refractivity contribution >= 4 is 29.3 Å². The first kappa shape index (κ1) is 36.8. The molecule has 0 saturated heterocycles. The monoisotopic (exact) mass is 648 g/mol. The highest BCUT2D eigenvalue weighted by atomic mass is 32.2. The van der Waals surface area contributed by atoms with Crippen LogP contribution in [0.3, 0.4) is 0 Å². The van der Waals surface area contributed by atoms with Crippen LogP contribution in [0.25, 0.3) is 0 Å². The van der Waals surface area contributed by atoms with Gasteiger partial charge < -0.3 is 0 Å². The van der Waals surface area contributed by atoms with Gasteiger partial charge in [0.1, 0.15) is 0 Å². The van der Waals surface area contributed by atoms with E-state index in [0.29, 0.717) is 10.6 Å². The Morgan fingerprint density at radius 3 is 1.37 bits per heavy atom. The summed E-state index contributed by atoms with van der Waals surface area (Å²) in [6, 6.07) is 17.5. The minimum Gasteiger partial charge on any atom is -0.266 e. The van der Waals surface area contributed by atoms with Crippen LogP contribution in [0.1, 0.15) is 82.3 Å². The molecule has 0 N–H and O–H groups in total. The summed E-state index contributed by atoms with van der Waals surface area (Å²) in [5, 5.41) is 1.26. The van der Waals surface area contributed by atoms with Crippen molar-refractivity contribution in [2.75, 3.05) is 6.61 Å². The third-order valence-corrected chi connectivity index (χ3v) is 9.05. The molecule has 238 valence electrons. The summed E-state index contributed by atoms with van der Waals surface area (Å²) in [7, 11) is -3.57. The van der Waals surface area contributed by atoms with Crippen LogP contribution >= 0.6 is 8.58 Å². The van der Waals surface area contributed by atoms with Crippen LogP contribution in [0.15, 0.2) is 83.8 Å². The number of alkyl halides is 6. The molecule has 3 rings (SSSR count). The molecule has 0 aliphatic carbocycles. The van der Waals surface area contributed by atoms with Gasteiger partial charge in [0.05, 0.1) is 22.6 Å². The summed E-state index contributed by atoms with van der Waals surface area (Å²) >= 11 is 0. The Labute approximate surface area is 253 Å². The number of hydrogen-bond acceptors (Lipinski definition) is 3. The van der Waals surface area contributed by atoms with Gasteiger partial charge in [0, 0.05) is 0 Å². The second kappa shape index (κ2) is 18.4. The van der Waals surface area contributed by atoms with E-state index >= 15 is 0 Å². The van der Waals surface area contributed by atoms with Crippen LogP contribution in [0, 0.1) is 0 Å². The first-order valence-electron chi connectivity index (χ1n) is 14.4. The smallest absolute Gasteiger partial charge is 0.266 e. The molecule has 0 fully saturated rings. The van der Waals surface area contributed by atoms with Gasteiger partial charge in [-0.3, -0.25) is 4.18 Å². The van der Waals surface area contributed by atoms with Crippen molar-refractivity contribution in [3.05, 3.63) is 90.0 Å². The fourth-order valence-electron chi connectivity index (χ4n) is 4.07. The molecule has 0 aliphatic heterocycles. The summed E-state index contributed by atoms with van der Waals surface area (Å²) in [5.41, 5.74) is -1.49. The summed E-state index contributed by atoms with van der Waals surface area (Å²) in [4.78, 5) is 0.238. The third kappa shape index (κ3) is 14.7. The van der Waals surface area contributed by atoms with Crippen molar-refractivity contribution in [2.24, 2.45) is 0 Å². The van der Waals surface area contributed by atoms with Gasteiger partial charge in [-0.1, -0.05) is 116 Å². The van der Waals surface area contributed by atoms with Crippen LogP contribution in [-0.2, 0) is 26.7 Å². The third-order valence-electron chi connectivity index (χ3n) is 6.48. The van der Waals surface area contributed by atoms with Gasteiger partial charge in [-0.25, -0.2) is 0 Å². The highest BCUT2D eigenvalue weighted by molar-refractivity contribution is 7.86. The van der Waals surface area contributed by atoms with Crippen LogP contribution < -0.4 is 10.6 Å². The molecular formula is C32H39F6O3PS. The minimum atomic E-state index is -4.39. The predicted octanol–water partition coefficient (Wildman–Crippen LogP) is 9.67. The quantitative estimate of drug-likeness (QED) is 0.0714. The van der Waals surface area contributed by atoms with Gasteiger partial charge in [0.2, 0.25) is 0 Å². The molecule has 0 heterocycles. The van der Waals surface area contributed by atoms with Gasteiger partial charge >= 0.3 is 12.4 Å². The Morgan fingerprint density at radius 2 is 0.977 bits per heavy atom. The van der Waals surface area contributed by atoms with Crippen molar-refractivity contribution in [1.82, 2.24) is 0 Å². The van der Waals surface area contributed by atoms with Gasteiger partial charge in [-0.15, -0.1) is 0 Å². The molecule has 11 heteroatoms. The highest BCUT2D eigenvalue weighted by Crippen LogP contribution is 2.30. The van der Waals surface area contributed by atoms with E-state index in [-0.39, 0.29) is 20.1 Å². The lowest BCUT2D eigenvalue weighted by Crippen LogP contribution is -2.09. The number of hydrogen-bond donors (Lipinski definition) is 0. The lowest BCUT2D eigenvalue weighted by atomic mass is 10.1. The van der Waals surface area contributed by atoms with E-state index in [4.69, 9.17) is 4.18 Å². The maximum absolute atomic E-state index is 12.4. The maximum Gasteiger partial charge on any atom is 0.416 e. The highest BCUT2D eigenvalue weighted by Gasteiger charge is 2.30. The lowest BCUT2D eigenvalue weighted by Gasteiger charge is -2.09. The van der Waals surface area contributed by atoms with Gasteiger partial charge in [0.15, 0.2) is 0 Å². The van der Waals surface area contributed by atoms with Crippen LogP contribution in [0.4, 0.5) is 26.3 Å². The Balaban J connectivity index is 0.000000300. The zero-order valence-electron chi connectivity index (χ0n) is 24.2. The summed E-state index contributed by atoms with van der Waals surface area (Å²) in [5.74, 6) is 0. The number of benzene rings is 3. The second-order valence-corrected chi connectivity index (χ2v) is 13.1. The Morgan fingerprint density at radius 1 is 0.581 bits per heavy atom. The molecule has 0 bridgehead atoms. The molecule has 0 saturated carbocycles. The maximum atomic E-state index is 12.4. The van der Waals surface area contributed by atoms with E-state index in [1.165, 1.54) is 75.6 Å². The number of rotatable bonds is 15. The first-order chi connectivity index (χ1) is 20.3. The lowest BCUT2D eigenvalue weighted by molar-refractivity contribution is -0.138.